The van der Waals surface area contributed by atoms with Crippen molar-refractivity contribution in [2.45, 2.75) is 103 Å². The van der Waals surface area contributed by atoms with E-state index in [-0.39, 0.29) is 0 Å². The highest BCUT2D eigenvalue weighted by Gasteiger charge is 2.18. The van der Waals surface area contributed by atoms with Crippen molar-refractivity contribution in [3.63, 3.8) is 0 Å². The monoisotopic (exact) mass is 380 g/mol. The van der Waals surface area contributed by atoms with Crippen molar-refractivity contribution in [1.29, 1.82) is 0 Å². The molecule has 0 atom stereocenters. The molecule has 0 aliphatic carbocycles. The molecule has 2 aromatic rings. The topological polar surface area (TPSA) is 28.1 Å². The van der Waals surface area contributed by atoms with Gasteiger partial charge in [0.1, 0.15) is 0 Å². The first kappa shape index (κ1) is 21.1. The summed E-state index contributed by atoms with van der Waals surface area (Å²) in [5, 5.41) is 1.40. The highest BCUT2D eigenvalue weighted by atomic mass is 14.8. The van der Waals surface area contributed by atoms with E-state index in [9.17, 15) is 0 Å². The maximum absolute atomic E-state index is 4.85. The van der Waals surface area contributed by atoms with Crippen molar-refractivity contribution in [1.82, 2.24) is 4.98 Å². The number of hydrogen-bond acceptors (Lipinski definition) is 1. The maximum atomic E-state index is 4.85. The van der Waals surface area contributed by atoms with Gasteiger partial charge in [-0.15, -0.1) is 0 Å². The lowest BCUT2D eigenvalue weighted by molar-refractivity contribution is 0.541. The second kappa shape index (κ2) is 12.1. The summed E-state index contributed by atoms with van der Waals surface area (Å²) in [4.78, 5) is 8.48. The van der Waals surface area contributed by atoms with Crippen molar-refractivity contribution in [2.24, 2.45) is 4.99 Å². The molecule has 154 valence electrons. The minimum atomic E-state index is 0.961. The van der Waals surface area contributed by atoms with Gasteiger partial charge in [0.25, 0.3) is 0 Å². The highest BCUT2D eigenvalue weighted by Crippen LogP contribution is 2.27. The summed E-state index contributed by atoms with van der Waals surface area (Å²) in [5.41, 5.74) is 5.41. The summed E-state index contributed by atoms with van der Waals surface area (Å²) in [6.07, 6.45) is 20.6. The number of aromatic nitrogens is 1. The molecule has 1 aliphatic rings. The van der Waals surface area contributed by atoms with Crippen LogP contribution in [-0.2, 0) is 6.42 Å². The number of nitrogens with one attached hydrogen (secondary N) is 1. The fourth-order valence-electron chi connectivity index (χ4n) is 4.60. The summed E-state index contributed by atoms with van der Waals surface area (Å²) in [7, 11) is 0. The summed E-state index contributed by atoms with van der Waals surface area (Å²) in [6.45, 7) is 3.25. The van der Waals surface area contributed by atoms with Gasteiger partial charge in [-0.1, -0.05) is 102 Å². The van der Waals surface area contributed by atoms with Crippen LogP contribution in [0.1, 0.15) is 108 Å². The van der Waals surface area contributed by atoms with E-state index >= 15 is 0 Å². The molecule has 1 aromatic carbocycles. The van der Waals surface area contributed by atoms with Crippen LogP contribution < -0.4 is 0 Å². The first-order valence-electron chi connectivity index (χ1n) is 12.0. The van der Waals surface area contributed by atoms with Crippen LogP contribution in [-0.4, -0.2) is 17.2 Å². The number of para-hydroxylation sites is 1. The Morgan fingerprint density at radius 3 is 2.07 bits per heavy atom. The number of H-pyrrole nitrogens is 1. The van der Waals surface area contributed by atoms with Crippen LogP contribution in [0, 0.1) is 0 Å². The molecule has 0 bridgehead atoms. The van der Waals surface area contributed by atoms with E-state index in [0.29, 0.717) is 0 Å². The smallest absolute Gasteiger partial charge is 0.0638 e. The Morgan fingerprint density at radius 1 is 0.786 bits per heavy atom. The third kappa shape index (κ3) is 6.22. The van der Waals surface area contributed by atoms with E-state index in [4.69, 9.17) is 4.99 Å². The van der Waals surface area contributed by atoms with Gasteiger partial charge in [0.15, 0.2) is 0 Å². The van der Waals surface area contributed by atoms with Crippen LogP contribution in [0.2, 0.25) is 0 Å². The minimum absolute atomic E-state index is 0.961. The van der Waals surface area contributed by atoms with Crippen LogP contribution in [0.4, 0.5) is 0 Å². The van der Waals surface area contributed by atoms with Gasteiger partial charge in [-0.3, -0.25) is 4.99 Å². The summed E-state index contributed by atoms with van der Waals surface area (Å²) < 4.78 is 0. The van der Waals surface area contributed by atoms with E-state index in [1.165, 1.54) is 111 Å². The van der Waals surface area contributed by atoms with Gasteiger partial charge < -0.3 is 4.98 Å². The number of unbranched alkanes of at least 4 members (excludes halogenated alkanes) is 12. The maximum Gasteiger partial charge on any atom is 0.0638 e. The van der Waals surface area contributed by atoms with E-state index in [0.717, 1.165) is 19.4 Å². The molecule has 0 unspecified atom stereocenters. The SMILES string of the molecule is CCCCCCCCCCCCCCCC1=NCCc2c1[nH]c1ccccc21. The number of fused-ring (bicyclic) bond motifs is 3. The number of aromatic amines is 1. The highest BCUT2D eigenvalue weighted by molar-refractivity contribution is 6.06. The number of hydrogen-bond donors (Lipinski definition) is 1. The number of rotatable bonds is 14. The molecule has 1 aromatic heterocycles. The lowest BCUT2D eigenvalue weighted by Gasteiger charge is -2.13. The van der Waals surface area contributed by atoms with Crippen LogP contribution >= 0.6 is 0 Å². The second-order valence-corrected chi connectivity index (χ2v) is 8.60. The van der Waals surface area contributed by atoms with E-state index in [1.54, 1.807) is 0 Å². The zero-order valence-corrected chi connectivity index (χ0v) is 18.1. The van der Waals surface area contributed by atoms with Crippen molar-refractivity contribution >= 4 is 16.6 Å². The average Bonchev–Trinajstić information content (AvgIpc) is 3.11. The largest absolute Gasteiger partial charge is 0.353 e. The van der Waals surface area contributed by atoms with Crippen molar-refractivity contribution in [2.75, 3.05) is 6.54 Å². The normalized spacial score (nSPS) is 13.7. The molecule has 3 rings (SSSR count). The van der Waals surface area contributed by atoms with Gasteiger partial charge >= 0.3 is 0 Å². The number of aliphatic imine (C=N–C) groups is 1. The van der Waals surface area contributed by atoms with Gasteiger partial charge in [-0.05, 0) is 30.9 Å². The van der Waals surface area contributed by atoms with Crippen LogP contribution in [0.5, 0.6) is 0 Å². The molecule has 1 N–H and O–H groups in total. The Hall–Kier alpha value is -1.57. The van der Waals surface area contributed by atoms with Crippen LogP contribution in [0.25, 0.3) is 10.9 Å². The summed E-state index contributed by atoms with van der Waals surface area (Å²) in [5.74, 6) is 0. The number of benzene rings is 1. The van der Waals surface area contributed by atoms with Crippen molar-refractivity contribution in [3.05, 3.63) is 35.5 Å². The molecule has 0 fully saturated rings. The third-order valence-electron chi connectivity index (χ3n) is 6.28. The molecule has 0 radical (unpaired) electrons. The Kier molecular flexibility index (Phi) is 9.13. The Morgan fingerprint density at radius 2 is 1.39 bits per heavy atom. The molecule has 2 nitrogen and oxygen atoms in total. The lowest BCUT2D eigenvalue weighted by Crippen LogP contribution is -2.12. The lowest BCUT2D eigenvalue weighted by atomic mass is 9.98. The van der Waals surface area contributed by atoms with E-state index in [2.05, 4.69) is 36.2 Å². The third-order valence-corrected chi connectivity index (χ3v) is 6.28. The van der Waals surface area contributed by atoms with Crippen LogP contribution in [0.3, 0.4) is 0 Å². The molecule has 28 heavy (non-hydrogen) atoms. The van der Waals surface area contributed by atoms with Crippen molar-refractivity contribution in [3.8, 4) is 0 Å². The van der Waals surface area contributed by atoms with Gasteiger partial charge in [0, 0.05) is 17.4 Å². The molecule has 0 amide bonds. The fraction of sp³-hybridized carbons (Fsp3) is 0.654. The quantitative estimate of drug-likeness (QED) is 0.322. The number of nitrogens with zero attached hydrogens (tertiary/aromatic N) is 1. The predicted octanol–water partition coefficient (Wildman–Crippen LogP) is 7.99. The Labute approximate surface area is 172 Å². The van der Waals surface area contributed by atoms with Gasteiger partial charge in [-0.2, -0.15) is 0 Å². The zero-order chi connectivity index (χ0) is 19.4. The predicted molar refractivity (Wildman–Crippen MR) is 124 cm³/mol. The van der Waals surface area contributed by atoms with Gasteiger partial charge in [0.2, 0.25) is 0 Å². The van der Waals surface area contributed by atoms with E-state index < -0.39 is 0 Å². The van der Waals surface area contributed by atoms with Crippen molar-refractivity contribution < 1.29 is 0 Å². The summed E-state index contributed by atoms with van der Waals surface area (Å²) >= 11 is 0. The zero-order valence-electron chi connectivity index (χ0n) is 18.1. The Balaban J connectivity index is 1.25. The molecule has 1 aliphatic heterocycles. The molecular formula is C26H40N2. The van der Waals surface area contributed by atoms with Gasteiger partial charge in [0.05, 0.1) is 11.4 Å². The second-order valence-electron chi connectivity index (χ2n) is 8.60. The molecule has 0 saturated heterocycles. The first-order chi connectivity index (χ1) is 13.9. The van der Waals surface area contributed by atoms with Gasteiger partial charge in [-0.25, -0.2) is 0 Å². The molecule has 0 saturated carbocycles. The molecule has 0 spiro atoms. The summed E-state index contributed by atoms with van der Waals surface area (Å²) in [6, 6.07) is 8.71. The first-order valence-corrected chi connectivity index (χ1v) is 12.0. The standard InChI is InChI=1S/C26H40N2/c1-2-3-4-5-6-7-8-9-10-11-12-13-14-19-25-26-23(20-21-27-25)22-17-15-16-18-24(22)28-26/h15-18,28H,2-14,19-21H2,1H3. The van der Waals surface area contributed by atoms with E-state index in [1.807, 2.05) is 0 Å². The fourth-order valence-corrected chi connectivity index (χ4v) is 4.60. The molecule has 2 heteroatoms. The Bertz CT molecular complexity index is 725. The molecule has 2 heterocycles. The van der Waals surface area contributed by atoms with Crippen LogP contribution in [0.15, 0.2) is 29.3 Å². The molecular weight excluding hydrogens is 340 g/mol. The average molecular weight is 381 g/mol. The minimum Gasteiger partial charge on any atom is -0.353 e.